The molecule has 0 saturated carbocycles. The van der Waals surface area contributed by atoms with Crippen LogP contribution < -0.4 is 5.32 Å². The van der Waals surface area contributed by atoms with Crippen LogP contribution in [0.3, 0.4) is 0 Å². The number of benzene rings is 1. The first kappa shape index (κ1) is 12.9. The number of hydrogen-bond acceptors (Lipinski definition) is 3. The third-order valence-corrected chi connectivity index (χ3v) is 2.47. The largest absolute Gasteiger partial charge is 0.459 e. The van der Waals surface area contributed by atoms with Crippen molar-refractivity contribution in [2.45, 2.75) is 6.92 Å². The molecular weight excluding hydrogens is 242 g/mol. The molecule has 1 amide bonds. The van der Waals surface area contributed by atoms with Gasteiger partial charge in [-0.25, -0.2) is 0 Å². The maximum absolute atomic E-state index is 11.9. The molecule has 2 rings (SSSR count). The second-order valence-corrected chi connectivity index (χ2v) is 3.94. The van der Waals surface area contributed by atoms with Gasteiger partial charge in [-0.3, -0.25) is 4.79 Å². The number of rotatable bonds is 2. The number of furan rings is 1. The van der Waals surface area contributed by atoms with Crippen molar-refractivity contribution in [3.63, 3.8) is 0 Å². The normalized spacial score (nSPS) is 9.58. The van der Waals surface area contributed by atoms with Crippen LogP contribution in [0.15, 0.2) is 41.0 Å². The molecule has 0 radical (unpaired) electrons. The highest BCUT2D eigenvalue weighted by atomic mass is 16.3. The maximum Gasteiger partial charge on any atom is 0.291 e. The number of nitrogens with one attached hydrogen (secondary N) is 1. The summed E-state index contributed by atoms with van der Waals surface area (Å²) in [7, 11) is 0. The van der Waals surface area contributed by atoms with E-state index in [1.54, 1.807) is 18.2 Å². The van der Waals surface area contributed by atoms with Gasteiger partial charge in [-0.05, 0) is 36.8 Å². The van der Waals surface area contributed by atoms with Crippen molar-refractivity contribution >= 4 is 11.6 Å². The van der Waals surface area contributed by atoms with E-state index < -0.39 is 0 Å². The van der Waals surface area contributed by atoms with Crippen LogP contribution in [0.5, 0.6) is 0 Å². The minimum atomic E-state index is -0.331. The Kier molecular flexibility index (Phi) is 4.01. The van der Waals surface area contributed by atoms with E-state index in [4.69, 9.17) is 9.52 Å². The molecule has 0 bridgehead atoms. The summed E-state index contributed by atoms with van der Waals surface area (Å²) in [5.74, 6) is 5.27. The third kappa shape index (κ3) is 3.24. The van der Waals surface area contributed by atoms with Gasteiger partial charge in [-0.15, -0.1) is 0 Å². The number of anilines is 1. The van der Waals surface area contributed by atoms with Gasteiger partial charge in [-0.2, -0.15) is 0 Å². The molecule has 0 unspecified atom stereocenters. The van der Waals surface area contributed by atoms with E-state index >= 15 is 0 Å². The van der Waals surface area contributed by atoms with Crippen LogP contribution in [-0.4, -0.2) is 17.6 Å². The number of aliphatic hydroxyl groups is 1. The van der Waals surface area contributed by atoms with Crippen molar-refractivity contribution in [1.82, 2.24) is 0 Å². The quantitative estimate of drug-likeness (QED) is 0.808. The first-order valence-corrected chi connectivity index (χ1v) is 5.76. The fraction of sp³-hybridized carbons (Fsp3) is 0.133. The zero-order valence-corrected chi connectivity index (χ0v) is 10.4. The molecule has 0 fully saturated rings. The minimum Gasteiger partial charge on any atom is -0.459 e. The van der Waals surface area contributed by atoms with Crippen molar-refractivity contribution in [3.05, 3.63) is 53.5 Å². The molecule has 96 valence electrons. The van der Waals surface area contributed by atoms with Crippen LogP contribution in [0.4, 0.5) is 5.69 Å². The Morgan fingerprint density at radius 3 is 2.95 bits per heavy atom. The second kappa shape index (κ2) is 5.89. The number of aliphatic hydroxyl groups excluding tert-OH is 1. The van der Waals surface area contributed by atoms with Crippen LogP contribution >= 0.6 is 0 Å². The van der Waals surface area contributed by atoms with Gasteiger partial charge in [0.1, 0.15) is 6.61 Å². The Bertz CT molecular complexity index is 633. The summed E-state index contributed by atoms with van der Waals surface area (Å²) in [6.45, 7) is 1.70. The minimum absolute atomic E-state index is 0.223. The Balaban J connectivity index is 2.28. The van der Waals surface area contributed by atoms with Gasteiger partial charge < -0.3 is 14.8 Å². The lowest BCUT2D eigenvalue weighted by Crippen LogP contribution is -2.12. The molecular formula is C15H13NO3. The number of hydrogen-bond donors (Lipinski definition) is 2. The van der Waals surface area contributed by atoms with Gasteiger partial charge in [0.15, 0.2) is 5.76 Å². The molecule has 2 N–H and O–H groups in total. The fourth-order valence-electron chi connectivity index (χ4n) is 1.60. The van der Waals surface area contributed by atoms with Gasteiger partial charge in [0.25, 0.3) is 5.91 Å². The molecule has 0 aliphatic heterocycles. The van der Waals surface area contributed by atoms with Crippen LogP contribution in [0, 0.1) is 18.8 Å². The monoisotopic (exact) mass is 255 g/mol. The molecule has 0 aliphatic rings. The standard InChI is InChI=1S/C15H13NO3/c1-11-6-7-12(4-2-8-17)13(10-11)16-15(18)14-5-3-9-19-14/h3,5-7,9-10,17H,8H2,1H3,(H,16,18). The van der Waals surface area contributed by atoms with Gasteiger partial charge in [0.2, 0.25) is 0 Å². The highest BCUT2D eigenvalue weighted by Gasteiger charge is 2.10. The van der Waals surface area contributed by atoms with Crippen molar-refractivity contribution in [2.24, 2.45) is 0 Å². The fourth-order valence-corrected chi connectivity index (χ4v) is 1.60. The number of aryl methyl sites for hydroxylation is 1. The van der Waals surface area contributed by atoms with Crippen molar-refractivity contribution in [1.29, 1.82) is 0 Å². The van der Waals surface area contributed by atoms with Gasteiger partial charge in [0, 0.05) is 5.56 Å². The molecule has 1 heterocycles. The first-order chi connectivity index (χ1) is 9.20. The van der Waals surface area contributed by atoms with E-state index in [1.165, 1.54) is 6.26 Å². The molecule has 0 atom stereocenters. The van der Waals surface area contributed by atoms with Crippen LogP contribution in [-0.2, 0) is 0 Å². The summed E-state index contributed by atoms with van der Waals surface area (Å²) in [4.78, 5) is 11.9. The lowest BCUT2D eigenvalue weighted by molar-refractivity contribution is 0.0996. The van der Waals surface area contributed by atoms with Crippen LogP contribution in [0.2, 0.25) is 0 Å². The average molecular weight is 255 g/mol. The van der Waals surface area contributed by atoms with E-state index in [2.05, 4.69) is 17.2 Å². The molecule has 0 aliphatic carbocycles. The summed E-state index contributed by atoms with van der Waals surface area (Å²) in [6, 6.07) is 8.75. The number of carbonyl (C=O) groups excluding carboxylic acids is 1. The van der Waals surface area contributed by atoms with Gasteiger partial charge in [-0.1, -0.05) is 17.9 Å². The smallest absolute Gasteiger partial charge is 0.291 e. The Hall–Kier alpha value is -2.51. The highest BCUT2D eigenvalue weighted by Crippen LogP contribution is 2.18. The molecule has 2 aromatic rings. The zero-order valence-electron chi connectivity index (χ0n) is 10.4. The van der Waals surface area contributed by atoms with Crippen LogP contribution in [0.25, 0.3) is 0 Å². The highest BCUT2D eigenvalue weighted by molar-refractivity contribution is 6.03. The van der Waals surface area contributed by atoms with Gasteiger partial charge >= 0.3 is 0 Å². The molecule has 4 nitrogen and oxygen atoms in total. The van der Waals surface area contributed by atoms with E-state index in [0.29, 0.717) is 11.3 Å². The Morgan fingerprint density at radius 2 is 2.26 bits per heavy atom. The SMILES string of the molecule is Cc1ccc(C#CCO)c(NC(=O)c2ccco2)c1. The summed E-state index contributed by atoms with van der Waals surface area (Å²) >= 11 is 0. The van der Waals surface area contributed by atoms with E-state index in [0.717, 1.165) is 5.56 Å². The predicted octanol–water partition coefficient (Wildman–Crippen LogP) is 2.18. The summed E-state index contributed by atoms with van der Waals surface area (Å²) < 4.78 is 5.03. The van der Waals surface area contributed by atoms with Crippen LogP contribution in [0.1, 0.15) is 21.7 Å². The van der Waals surface area contributed by atoms with Crippen molar-refractivity contribution in [2.75, 3.05) is 11.9 Å². The van der Waals surface area contributed by atoms with E-state index in [-0.39, 0.29) is 18.3 Å². The third-order valence-electron chi connectivity index (χ3n) is 2.47. The summed E-state index contributed by atoms with van der Waals surface area (Å²) in [5, 5.41) is 11.5. The molecule has 0 saturated heterocycles. The molecule has 19 heavy (non-hydrogen) atoms. The van der Waals surface area contributed by atoms with Crippen molar-refractivity contribution in [3.8, 4) is 11.8 Å². The molecule has 1 aromatic heterocycles. The Morgan fingerprint density at radius 1 is 1.42 bits per heavy atom. The lowest BCUT2D eigenvalue weighted by Gasteiger charge is -2.07. The zero-order chi connectivity index (χ0) is 13.7. The van der Waals surface area contributed by atoms with Gasteiger partial charge in [0.05, 0.1) is 12.0 Å². The Labute approximate surface area is 111 Å². The second-order valence-electron chi connectivity index (χ2n) is 3.94. The molecule has 0 spiro atoms. The average Bonchev–Trinajstić information content (AvgIpc) is 2.92. The first-order valence-electron chi connectivity index (χ1n) is 5.76. The topological polar surface area (TPSA) is 62.5 Å². The predicted molar refractivity (Wildman–Crippen MR) is 71.8 cm³/mol. The molecule has 1 aromatic carbocycles. The maximum atomic E-state index is 11.9. The van der Waals surface area contributed by atoms with Crippen molar-refractivity contribution < 1.29 is 14.3 Å². The summed E-state index contributed by atoms with van der Waals surface area (Å²) in [6.07, 6.45) is 1.44. The lowest BCUT2D eigenvalue weighted by atomic mass is 10.1. The molecule has 4 heteroatoms. The summed E-state index contributed by atoms with van der Waals surface area (Å²) in [5.41, 5.74) is 2.26. The number of amides is 1. The van der Waals surface area contributed by atoms with E-state index in [1.807, 2.05) is 19.1 Å². The van der Waals surface area contributed by atoms with E-state index in [9.17, 15) is 4.79 Å². The number of carbonyl (C=O) groups is 1.